The maximum atomic E-state index is 14.0. The molecule has 2 amide bonds. The van der Waals surface area contributed by atoms with E-state index in [4.69, 9.17) is 27.9 Å². The average molecular weight is 621 g/mol. The number of nitrogens with one attached hydrogen (secondary N) is 1. The molecule has 0 aliphatic rings. The van der Waals surface area contributed by atoms with E-state index in [-0.39, 0.29) is 29.1 Å². The summed E-state index contributed by atoms with van der Waals surface area (Å²) >= 11 is 12.8. The Hall–Kier alpha value is -3.27. The highest BCUT2D eigenvalue weighted by atomic mass is 35.5. The predicted octanol–water partition coefficient (Wildman–Crippen LogP) is 5.92. The van der Waals surface area contributed by atoms with Gasteiger partial charge in [-0.05, 0) is 75.7 Å². The summed E-state index contributed by atoms with van der Waals surface area (Å²) in [5.74, 6) is -0.430. The van der Waals surface area contributed by atoms with Gasteiger partial charge in [0.1, 0.15) is 18.3 Å². The van der Waals surface area contributed by atoms with Gasteiger partial charge in [-0.3, -0.25) is 13.9 Å². The quantitative estimate of drug-likeness (QED) is 0.256. The first-order valence-corrected chi connectivity index (χ1v) is 15.5. The van der Waals surface area contributed by atoms with E-state index in [0.29, 0.717) is 34.4 Å². The first kappa shape index (κ1) is 32.2. The summed E-state index contributed by atoms with van der Waals surface area (Å²) < 4.78 is 34.3. The van der Waals surface area contributed by atoms with Crippen LogP contribution in [0.25, 0.3) is 0 Å². The molecule has 3 aromatic carbocycles. The number of ether oxygens (including phenoxy) is 1. The van der Waals surface area contributed by atoms with E-state index in [9.17, 15) is 18.0 Å². The van der Waals surface area contributed by atoms with Crippen molar-refractivity contribution in [1.82, 2.24) is 10.2 Å². The molecule has 3 rings (SSSR count). The fourth-order valence-electron chi connectivity index (χ4n) is 4.03. The molecule has 0 heterocycles. The first-order chi connectivity index (χ1) is 19.5. The molecule has 0 aromatic heterocycles. The van der Waals surface area contributed by atoms with Crippen molar-refractivity contribution in [2.75, 3.05) is 17.5 Å². The van der Waals surface area contributed by atoms with Crippen molar-refractivity contribution in [3.05, 3.63) is 88.4 Å². The lowest BCUT2D eigenvalue weighted by atomic mass is 10.1. The molecule has 41 heavy (non-hydrogen) atoms. The molecule has 2 unspecified atom stereocenters. The van der Waals surface area contributed by atoms with E-state index in [2.05, 4.69) is 5.32 Å². The molecule has 0 fully saturated rings. The van der Waals surface area contributed by atoms with Gasteiger partial charge in [0, 0.05) is 28.2 Å². The largest absolute Gasteiger partial charge is 0.494 e. The summed E-state index contributed by atoms with van der Waals surface area (Å²) in [4.78, 5) is 28.5. The first-order valence-electron chi connectivity index (χ1n) is 13.3. The van der Waals surface area contributed by atoms with Gasteiger partial charge < -0.3 is 15.0 Å². The predicted molar refractivity (Wildman–Crippen MR) is 163 cm³/mol. The maximum Gasteiger partial charge on any atom is 0.264 e. The Balaban J connectivity index is 2.05. The number of hydrogen-bond acceptors (Lipinski definition) is 5. The molecule has 8 nitrogen and oxygen atoms in total. The minimum absolute atomic E-state index is 0.0185. The summed E-state index contributed by atoms with van der Waals surface area (Å²) in [6, 6.07) is 18.2. The normalized spacial score (nSPS) is 12.7. The van der Waals surface area contributed by atoms with E-state index in [1.54, 1.807) is 67.6 Å². The van der Waals surface area contributed by atoms with Crippen LogP contribution in [0.3, 0.4) is 0 Å². The number of carbonyl (C=O) groups is 2. The zero-order valence-corrected chi connectivity index (χ0v) is 25.8. The van der Waals surface area contributed by atoms with Crippen LogP contribution in [0.4, 0.5) is 5.69 Å². The molecule has 220 valence electrons. The van der Waals surface area contributed by atoms with E-state index in [0.717, 1.165) is 4.31 Å². The van der Waals surface area contributed by atoms with Crippen LogP contribution in [-0.2, 0) is 26.2 Å². The smallest absolute Gasteiger partial charge is 0.264 e. The van der Waals surface area contributed by atoms with Crippen molar-refractivity contribution in [3.63, 3.8) is 0 Å². The molecule has 0 aliphatic carbocycles. The number of amides is 2. The third-order valence-electron chi connectivity index (χ3n) is 6.60. The topological polar surface area (TPSA) is 96.0 Å². The number of anilines is 1. The van der Waals surface area contributed by atoms with Crippen LogP contribution in [0, 0.1) is 0 Å². The Morgan fingerprint density at radius 3 is 2.07 bits per heavy atom. The number of benzene rings is 3. The molecule has 0 bridgehead atoms. The fourth-order valence-corrected chi connectivity index (χ4v) is 5.98. The Labute approximate surface area is 252 Å². The van der Waals surface area contributed by atoms with E-state index in [1.807, 2.05) is 20.8 Å². The lowest BCUT2D eigenvalue weighted by Gasteiger charge is -2.33. The second-order valence-corrected chi connectivity index (χ2v) is 12.1. The minimum atomic E-state index is -4.17. The highest BCUT2D eigenvalue weighted by Crippen LogP contribution is 2.29. The van der Waals surface area contributed by atoms with Gasteiger partial charge in [-0.15, -0.1) is 0 Å². The minimum Gasteiger partial charge on any atom is -0.494 e. The lowest BCUT2D eigenvalue weighted by Crippen LogP contribution is -2.52. The standard InChI is InChI=1S/C30H35Cl2N3O5S/c1-5-21(3)33-30(37)22(4)34(19-26-27(31)13-10-14-28(26)32)29(36)20-35(23-15-17-24(18-16-23)40-6-2)41(38,39)25-11-8-7-9-12-25/h7-18,21-22H,5-6,19-20H2,1-4H3,(H,33,37). The number of hydrogen-bond donors (Lipinski definition) is 1. The molecule has 3 aromatic rings. The van der Waals surface area contributed by atoms with Crippen molar-refractivity contribution < 1.29 is 22.7 Å². The number of nitrogens with zero attached hydrogens (tertiary/aromatic N) is 2. The van der Waals surface area contributed by atoms with Gasteiger partial charge >= 0.3 is 0 Å². The van der Waals surface area contributed by atoms with Gasteiger partial charge in [0.05, 0.1) is 17.2 Å². The van der Waals surface area contributed by atoms with Gasteiger partial charge in [-0.2, -0.15) is 0 Å². The molecule has 0 spiro atoms. The van der Waals surface area contributed by atoms with Crippen LogP contribution in [0.2, 0.25) is 10.0 Å². The summed E-state index contributed by atoms with van der Waals surface area (Å²) in [7, 11) is -4.17. The van der Waals surface area contributed by atoms with Crippen LogP contribution >= 0.6 is 23.2 Å². The number of carbonyl (C=O) groups excluding carboxylic acids is 2. The summed E-state index contributed by atoms with van der Waals surface area (Å²) in [5, 5.41) is 3.54. The van der Waals surface area contributed by atoms with E-state index < -0.39 is 28.5 Å². The molecule has 1 N–H and O–H groups in total. The van der Waals surface area contributed by atoms with Crippen LogP contribution in [0.1, 0.15) is 39.7 Å². The molecule has 2 atom stereocenters. The van der Waals surface area contributed by atoms with Gasteiger partial charge in [0.2, 0.25) is 11.8 Å². The van der Waals surface area contributed by atoms with Crippen molar-refractivity contribution in [2.45, 2.75) is 57.6 Å². The zero-order chi connectivity index (χ0) is 30.2. The van der Waals surface area contributed by atoms with Gasteiger partial charge in [0.15, 0.2) is 0 Å². The second kappa shape index (κ2) is 14.6. The molecule has 0 aliphatic heterocycles. The van der Waals surface area contributed by atoms with Crippen molar-refractivity contribution >= 4 is 50.7 Å². The molecule has 0 radical (unpaired) electrons. The van der Waals surface area contributed by atoms with E-state index >= 15 is 0 Å². The number of sulfonamides is 1. The Morgan fingerprint density at radius 2 is 1.51 bits per heavy atom. The van der Waals surface area contributed by atoms with Crippen LogP contribution in [0.5, 0.6) is 5.75 Å². The third kappa shape index (κ3) is 8.15. The fraction of sp³-hybridized carbons (Fsp3) is 0.333. The average Bonchev–Trinajstić information content (AvgIpc) is 2.96. The lowest BCUT2D eigenvalue weighted by molar-refractivity contribution is -0.139. The van der Waals surface area contributed by atoms with Crippen LogP contribution in [-0.4, -0.2) is 50.4 Å². The van der Waals surface area contributed by atoms with Crippen LogP contribution in [0.15, 0.2) is 77.7 Å². The third-order valence-corrected chi connectivity index (χ3v) is 9.10. The van der Waals surface area contributed by atoms with Gasteiger partial charge in [0.25, 0.3) is 10.0 Å². The monoisotopic (exact) mass is 619 g/mol. The van der Waals surface area contributed by atoms with Crippen LogP contribution < -0.4 is 14.4 Å². The Kier molecular flexibility index (Phi) is 11.5. The van der Waals surface area contributed by atoms with Gasteiger partial charge in [-0.25, -0.2) is 8.42 Å². The zero-order valence-electron chi connectivity index (χ0n) is 23.5. The Bertz CT molecular complexity index is 1420. The molecular formula is C30H35Cl2N3O5S. The molecule has 0 saturated heterocycles. The summed E-state index contributed by atoms with van der Waals surface area (Å²) in [6.45, 7) is 7.00. The molecule has 11 heteroatoms. The van der Waals surface area contributed by atoms with Crippen molar-refractivity contribution in [1.29, 1.82) is 0 Å². The number of rotatable bonds is 13. The highest BCUT2D eigenvalue weighted by Gasteiger charge is 2.33. The van der Waals surface area contributed by atoms with Gasteiger partial charge in [-0.1, -0.05) is 54.4 Å². The summed E-state index contributed by atoms with van der Waals surface area (Å²) in [6.07, 6.45) is 0.698. The van der Waals surface area contributed by atoms with Crippen molar-refractivity contribution in [3.8, 4) is 5.75 Å². The Morgan fingerprint density at radius 1 is 0.902 bits per heavy atom. The second-order valence-electron chi connectivity index (χ2n) is 9.47. The highest BCUT2D eigenvalue weighted by molar-refractivity contribution is 7.92. The molecule has 0 saturated carbocycles. The summed E-state index contributed by atoms with van der Waals surface area (Å²) in [5.41, 5.74) is 0.712. The maximum absolute atomic E-state index is 14.0. The molecular weight excluding hydrogens is 585 g/mol. The van der Waals surface area contributed by atoms with Crippen molar-refractivity contribution in [2.24, 2.45) is 0 Å². The van der Waals surface area contributed by atoms with E-state index in [1.165, 1.54) is 17.0 Å². The number of halogens is 2. The SMILES string of the molecule is CCOc1ccc(N(CC(=O)N(Cc2c(Cl)cccc2Cl)C(C)C(=O)NC(C)CC)S(=O)(=O)c2ccccc2)cc1.